The van der Waals surface area contributed by atoms with Gasteiger partial charge in [-0.25, -0.2) is 9.97 Å². The highest BCUT2D eigenvalue weighted by atomic mass is 35.5. The van der Waals surface area contributed by atoms with Crippen LogP contribution in [0.3, 0.4) is 0 Å². The standard InChI is InChI=1S/C18H12Cl2N8O6/c19-11-3-1-2-9(6-11)17(29)25-23-15-14(28(33)34)16(22-8-21-15)24-26-18(30)10-4-5-12(20)13(7-10)27(31)32/h1-8H,(H,25,29)(H,26,30)(H2,21,22,23,24). The van der Waals surface area contributed by atoms with E-state index < -0.39 is 44.7 Å². The van der Waals surface area contributed by atoms with Gasteiger partial charge in [-0.15, -0.1) is 0 Å². The second kappa shape index (κ2) is 10.4. The molecule has 0 bridgehead atoms. The van der Waals surface area contributed by atoms with Gasteiger partial charge in [-0.05, 0) is 30.3 Å². The third kappa shape index (κ3) is 5.62. The summed E-state index contributed by atoms with van der Waals surface area (Å²) in [5.74, 6) is -2.34. The summed E-state index contributed by atoms with van der Waals surface area (Å²) in [4.78, 5) is 53.0. The van der Waals surface area contributed by atoms with Crippen LogP contribution in [-0.2, 0) is 0 Å². The summed E-state index contributed by atoms with van der Waals surface area (Å²) >= 11 is 11.6. The number of nitrogens with one attached hydrogen (secondary N) is 4. The number of anilines is 2. The van der Waals surface area contributed by atoms with Gasteiger partial charge in [0, 0.05) is 22.2 Å². The Balaban J connectivity index is 1.75. The van der Waals surface area contributed by atoms with Crippen LogP contribution >= 0.6 is 23.2 Å². The minimum Gasteiger partial charge on any atom is -0.276 e. The highest BCUT2D eigenvalue weighted by Gasteiger charge is 2.24. The maximum absolute atomic E-state index is 12.3. The highest BCUT2D eigenvalue weighted by Crippen LogP contribution is 2.28. The lowest BCUT2D eigenvalue weighted by atomic mass is 10.2. The lowest BCUT2D eigenvalue weighted by Gasteiger charge is -2.11. The first-order chi connectivity index (χ1) is 16.2. The van der Waals surface area contributed by atoms with E-state index in [0.29, 0.717) is 5.02 Å². The van der Waals surface area contributed by atoms with Crippen molar-refractivity contribution in [2.75, 3.05) is 10.9 Å². The van der Waals surface area contributed by atoms with Crippen molar-refractivity contribution in [3.63, 3.8) is 0 Å². The van der Waals surface area contributed by atoms with E-state index in [1.807, 2.05) is 0 Å². The van der Waals surface area contributed by atoms with Crippen molar-refractivity contribution in [3.05, 3.63) is 90.2 Å². The van der Waals surface area contributed by atoms with Gasteiger partial charge in [0.1, 0.15) is 11.3 Å². The van der Waals surface area contributed by atoms with Gasteiger partial charge in [0.15, 0.2) is 0 Å². The van der Waals surface area contributed by atoms with Gasteiger partial charge in [-0.2, -0.15) is 0 Å². The van der Waals surface area contributed by atoms with Crippen LogP contribution in [0.15, 0.2) is 48.8 Å². The lowest BCUT2D eigenvalue weighted by molar-refractivity contribution is -0.384. The smallest absolute Gasteiger partial charge is 0.276 e. The summed E-state index contributed by atoms with van der Waals surface area (Å²) in [6, 6.07) is 9.29. The number of hydrogen-bond donors (Lipinski definition) is 4. The van der Waals surface area contributed by atoms with Crippen molar-refractivity contribution in [2.24, 2.45) is 0 Å². The maximum Gasteiger partial charge on any atom is 0.356 e. The van der Waals surface area contributed by atoms with E-state index in [9.17, 15) is 29.8 Å². The summed E-state index contributed by atoms with van der Waals surface area (Å²) in [6.45, 7) is 0. The Bertz CT molecular complexity index is 1310. The van der Waals surface area contributed by atoms with Crippen molar-refractivity contribution in [3.8, 4) is 0 Å². The van der Waals surface area contributed by atoms with E-state index >= 15 is 0 Å². The Morgan fingerprint density at radius 2 is 1.41 bits per heavy atom. The van der Waals surface area contributed by atoms with Crippen LogP contribution in [0.5, 0.6) is 0 Å². The van der Waals surface area contributed by atoms with Crippen molar-refractivity contribution < 1.29 is 19.4 Å². The quantitative estimate of drug-likeness (QED) is 0.260. The van der Waals surface area contributed by atoms with Gasteiger partial charge in [0.05, 0.1) is 9.85 Å². The molecule has 0 fully saturated rings. The maximum atomic E-state index is 12.3. The molecule has 0 saturated carbocycles. The van der Waals surface area contributed by atoms with Crippen molar-refractivity contribution in [1.82, 2.24) is 20.8 Å². The molecule has 0 saturated heterocycles. The molecule has 0 aliphatic carbocycles. The molecule has 3 aromatic rings. The molecule has 2 amide bonds. The molecule has 1 heterocycles. The number of hydrazine groups is 2. The fourth-order valence-electron chi connectivity index (χ4n) is 2.53. The van der Waals surface area contributed by atoms with E-state index in [4.69, 9.17) is 23.2 Å². The predicted octanol–water partition coefficient (Wildman–Crippen LogP) is 3.11. The molecule has 0 aliphatic heterocycles. The SMILES string of the molecule is O=C(NNc1ncnc(NNC(=O)c2ccc(Cl)c([N+](=O)[O-])c2)c1[N+](=O)[O-])c1cccc(Cl)c1. The average Bonchev–Trinajstić information content (AvgIpc) is 2.80. The first-order valence-electron chi connectivity index (χ1n) is 8.99. The molecular formula is C18H12Cl2N8O6. The van der Waals surface area contributed by atoms with Crippen LogP contribution in [-0.4, -0.2) is 31.6 Å². The number of amides is 2. The summed E-state index contributed by atoms with van der Waals surface area (Å²) in [7, 11) is 0. The van der Waals surface area contributed by atoms with E-state index in [0.717, 1.165) is 18.5 Å². The van der Waals surface area contributed by atoms with Gasteiger partial charge < -0.3 is 0 Å². The number of nitro groups is 2. The monoisotopic (exact) mass is 506 g/mol. The Morgan fingerprint density at radius 3 is 1.94 bits per heavy atom. The zero-order valence-corrected chi connectivity index (χ0v) is 18.1. The summed E-state index contributed by atoms with van der Waals surface area (Å²) in [5.41, 5.74) is 7.79. The number of nitro benzene ring substituents is 1. The van der Waals surface area contributed by atoms with Crippen LogP contribution in [0.1, 0.15) is 20.7 Å². The molecule has 0 radical (unpaired) electrons. The second-order valence-electron chi connectivity index (χ2n) is 6.27. The van der Waals surface area contributed by atoms with Crippen molar-refractivity contribution in [2.45, 2.75) is 0 Å². The summed E-state index contributed by atoms with van der Waals surface area (Å²) in [6.07, 6.45) is 0.933. The van der Waals surface area contributed by atoms with E-state index in [2.05, 4.69) is 31.7 Å². The number of rotatable bonds is 8. The number of nitrogens with zero attached hydrogens (tertiary/aromatic N) is 4. The minimum absolute atomic E-state index is 0.146. The molecule has 14 nitrogen and oxygen atoms in total. The third-order valence-corrected chi connectivity index (χ3v) is 4.64. The number of aromatic nitrogens is 2. The zero-order valence-electron chi connectivity index (χ0n) is 16.6. The van der Waals surface area contributed by atoms with Gasteiger partial charge in [-0.3, -0.25) is 51.5 Å². The van der Waals surface area contributed by atoms with E-state index in [1.165, 1.54) is 18.2 Å². The number of benzene rings is 2. The van der Waals surface area contributed by atoms with Crippen LogP contribution in [0.2, 0.25) is 10.0 Å². The zero-order chi connectivity index (χ0) is 24.8. The second-order valence-corrected chi connectivity index (χ2v) is 7.11. The Labute approximate surface area is 199 Å². The van der Waals surface area contributed by atoms with Crippen LogP contribution < -0.4 is 21.7 Å². The third-order valence-electron chi connectivity index (χ3n) is 4.09. The fraction of sp³-hybridized carbons (Fsp3) is 0. The van der Waals surface area contributed by atoms with Gasteiger partial charge in [0.2, 0.25) is 11.6 Å². The molecule has 174 valence electrons. The number of halogens is 2. The molecule has 4 N–H and O–H groups in total. The average molecular weight is 507 g/mol. The molecule has 34 heavy (non-hydrogen) atoms. The molecule has 0 unspecified atom stereocenters. The molecule has 0 atom stereocenters. The van der Waals surface area contributed by atoms with Gasteiger partial charge in [-0.1, -0.05) is 29.3 Å². The van der Waals surface area contributed by atoms with Crippen LogP contribution in [0, 0.1) is 20.2 Å². The van der Waals surface area contributed by atoms with Crippen molar-refractivity contribution >= 4 is 58.0 Å². The predicted molar refractivity (Wildman–Crippen MR) is 120 cm³/mol. The number of carbonyl (C=O) groups excluding carboxylic acids is 2. The van der Waals surface area contributed by atoms with E-state index in [-0.39, 0.29) is 16.1 Å². The fourth-order valence-corrected chi connectivity index (χ4v) is 2.91. The molecule has 0 aliphatic rings. The molecule has 3 rings (SSSR count). The van der Waals surface area contributed by atoms with Gasteiger partial charge >= 0.3 is 5.69 Å². The Morgan fingerprint density at radius 1 is 0.824 bits per heavy atom. The molecular weight excluding hydrogens is 495 g/mol. The van der Waals surface area contributed by atoms with Gasteiger partial charge in [0.25, 0.3) is 17.5 Å². The first-order valence-corrected chi connectivity index (χ1v) is 9.74. The molecule has 2 aromatic carbocycles. The van der Waals surface area contributed by atoms with E-state index in [1.54, 1.807) is 12.1 Å². The topological polar surface area (TPSA) is 194 Å². The molecule has 1 aromatic heterocycles. The number of carbonyl (C=O) groups is 2. The Kier molecular flexibility index (Phi) is 7.35. The van der Waals surface area contributed by atoms with Crippen LogP contribution in [0.25, 0.3) is 0 Å². The lowest BCUT2D eigenvalue weighted by Crippen LogP contribution is -2.32. The summed E-state index contributed by atoms with van der Waals surface area (Å²) < 4.78 is 0. The molecule has 16 heteroatoms. The minimum atomic E-state index is -0.864. The molecule has 0 spiro atoms. The highest BCUT2D eigenvalue weighted by molar-refractivity contribution is 6.32. The summed E-state index contributed by atoms with van der Waals surface area (Å²) in [5, 5.41) is 22.7. The first kappa shape index (κ1) is 24.1. The number of hydrogen-bond acceptors (Lipinski definition) is 10. The largest absolute Gasteiger partial charge is 0.356 e. The Hall–Kier alpha value is -4.56. The van der Waals surface area contributed by atoms with Crippen LogP contribution in [0.4, 0.5) is 23.0 Å². The normalized spacial score (nSPS) is 10.2. The van der Waals surface area contributed by atoms with Crippen molar-refractivity contribution in [1.29, 1.82) is 0 Å².